The zero-order chi connectivity index (χ0) is 25.8. The molecule has 3 aromatic heterocycles. The number of carbonyl (C=O) groups excluding carboxylic acids is 3. The summed E-state index contributed by atoms with van der Waals surface area (Å²) < 4.78 is 7.65. The van der Waals surface area contributed by atoms with E-state index in [9.17, 15) is 14.4 Å². The van der Waals surface area contributed by atoms with Crippen LogP contribution < -0.4 is 0 Å². The summed E-state index contributed by atoms with van der Waals surface area (Å²) in [6.45, 7) is 0.422. The number of nitrogens with one attached hydrogen (secondary N) is 1. The van der Waals surface area contributed by atoms with E-state index >= 15 is 0 Å². The van der Waals surface area contributed by atoms with E-state index in [-0.39, 0.29) is 11.8 Å². The highest BCUT2D eigenvalue weighted by Gasteiger charge is 2.51. The summed E-state index contributed by atoms with van der Waals surface area (Å²) in [5.41, 5.74) is 5.18. The number of benzene rings is 2. The lowest BCUT2D eigenvalue weighted by molar-refractivity contribution is -0.143. The van der Waals surface area contributed by atoms with E-state index in [1.165, 1.54) is 30.1 Å². The second-order valence-electron chi connectivity index (χ2n) is 9.84. The van der Waals surface area contributed by atoms with Crippen LogP contribution in [-0.4, -0.2) is 43.9 Å². The Kier molecular flexibility index (Phi) is 5.14. The summed E-state index contributed by atoms with van der Waals surface area (Å²) in [6.07, 6.45) is 8.85. The number of esters is 1. The molecule has 0 bridgehead atoms. The van der Waals surface area contributed by atoms with Gasteiger partial charge < -0.3 is 14.3 Å². The van der Waals surface area contributed by atoms with Crippen LogP contribution in [0.4, 0.5) is 0 Å². The van der Waals surface area contributed by atoms with Crippen molar-refractivity contribution in [2.24, 2.45) is 0 Å². The summed E-state index contributed by atoms with van der Waals surface area (Å²) in [7, 11) is 0. The van der Waals surface area contributed by atoms with Crippen molar-refractivity contribution < 1.29 is 19.1 Å². The topological polar surface area (TPSA) is 97.3 Å². The monoisotopic (exact) mass is 504 g/mol. The quantitative estimate of drug-likeness (QED) is 0.281. The number of nitrogens with zero attached hydrogens (tertiary/aromatic N) is 3. The number of fused-ring (bicyclic) bond motifs is 1. The predicted octanol–water partition coefficient (Wildman–Crippen LogP) is 4.51. The van der Waals surface area contributed by atoms with Crippen LogP contribution in [0.3, 0.4) is 0 Å². The van der Waals surface area contributed by atoms with E-state index in [0.29, 0.717) is 5.56 Å². The van der Waals surface area contributed by atoms with Gasteiger partial charge in [0.25, 0.3) is 0 Å². The van der Waals surface area contributed by atoms with Gasteiger partial charge in [0.15, 0.2) is 6.73 Å². The third kappa shape index (κ3) is 3.37. The number of amides is 2. The first-order valence-corrected chi connectivity index (χ1v) is 12.7. The van der Waals surface area contributed by atoms with E-state index in [2.05, 4.69) is 20.6 Å². The molecule has 2 aliphatic rings. The van der Waals surface area contributed by atoms with Gasteiger partial charge in [-0.3, -0.25) is 14.6 Å². The molecule has 2 aliphatic heterocycles. The molecule has 1 saturated heterocycles. The van der Waals surface area contributed by atoms with Crippen LogP contribution in [0.2, 0.25) is 0 Å². The van der Waals surface area contributed by atoms with E-state index in [0.717, 1.165) is 57.2 Å². The van der Waals surface area contributed by atoms with Crippen molar-refractivity contribution in [1.29, 1.82) is 0 Å². The number of rotatable bonds is 5. The summed E-state index contributed by atoms with van der Waals surface area (Å²) in [5, 5.41) is 1.89. The molecule has 0 saturated carbocycles. The van der Waals surface area contributed by atoms with Crippen LogP contribution in [0.1, 0.15) is 45.3 Å². The maximum Gasteiger partial charge on any atom is 0.339 e. The molecule has 38 heavy (non-hydrogen) atoms. The lowest BCUT2D eigenvalue weighted by Crippen LogP contribution is -2.34. The number of hydrogen-bond acceptors (Lipinski definition) is 5. The smallest absolute Gasteiger partial charge is 0.339 e. The molecular weight excluding hydrogens is 480 g/mol. The van der Waals surface area contributed by atoms with E-state index in [1.54, 1.807) is 0 Å². The highest BCUT2D eigenvalue weighted by atomic mass is 16.5. The van der Waals surface area contributed by atoms with Crippen molar-refractivity contribution in [2.75, 3.05) is 6.73 Å². The Hall–Kier alpha value is -4.72. The Bertz CT molecular complexity index is 1740. The van der Waals surface area contributed by atoms with Gasteiger partial charge in [0.2, 0.25) is 11.8 Å². The fourth-order valence-electron chi connectivity index (χ4n) is 6.06. The van der Waals surface area contributed by atoms with Gasteiger partial charge in [-0.25, -0.2) is 9.69 Å². The van der Waals surface area contributed by atoms with Crippen LogP contribution in [0.15, 0.2) is 79.4 Å². The maximum absolute atomic E-state index is 14.0. The number of aromatic nitrogens is 3. The molecule has 0 aliphatic carbocycles. The fourth-order valence-corrected chi connectivity index (χ4v) is 6.06. The molecule has 2 atom stereocenters. The van der Waals surface area contributed by atoms with E-state index < -0.39 is 24.5 Å². The molecular formula is C30H24N4O4. The lowest BCUT2D eigenvalue weighted by atomic mass is 9.83. The van der Waals surface area contributed by atoms with Crippen molar-refractivity contribution >= 4 is 39.6 Å². The van der Waals surface area contributed by atoms with Gasteiger partial charge >= 0.3 is 5.97 Å². The van der Waals surface area contributed by atoms with Gasteiger partial charge in [0, 0.05) is 47.6 Å². The first-order chi connectivity index (χ1) is 18.6. The van der Waals surface area contributed by atoms with Crippen LogP contribution in [-0.2, 0) is 27.3 Å². The third-order valence-corrected chi connectivity index (χ3v) is 7.79. The average molecular weight is 505 g/mol. The number of para-hydroxylation sites is 2. The third-order valence-electron chi connectivity index (χ3n) is 7.79. The van der Waals surface area contributed by atoms with Gasteiger partial charge in [-0.15, -0.1) is 0 Å². The number of imide groups is 1. The minimum atomic E-state index is -0.748. The fraction of sp³-hybridized carbons (Fsp3) is 0.200. The van der Waals surface area contributed by atoms with Crippen molar-refractivity contribution in [3.63, 3.8) is 0 Å². The molecule has 7 rings (SSSR count). The van der Waals surface area contributed by atoms with Gasteiger partial charge in [0.05, 0.1) is 22.9 Å². The first kappa shape index (κ1) is 22.5. The van der Waals surface area contributed by atoms with Crippen molar-refractivity contribution in [1.82, 2.24) is 19.4 Å². The number of pyridine rings is 1. The summed E-state index contributed by atoms with van der Waals surface area (Å²) in [6, 6.07) is 17.0. The minimum absolute atomic E-state index is 0.304. The van der Waals surface area contributed by atoms with Crippen LogP contribution in [0.25, 0.3) is 21.8 Å². The number of ether oxygens (including phenoxy) is 1. The summed E-state index contributed by atoms with van der Waals surface area (Å²) in [4.78, 5) is 48.9. The number of hydrogen-bond donors (Lipinski definition) is 1. The van der Waals surface area contributed by atoms with Crippen molar-refractivity contribution in [2.45, 2.75) is 31.2 Å². The number of likely N-dealkylation sites (tertiary alicyclic amines) is 1. The Labute approximate surface area is 217 Å². The van der Waals surface area contributed by atoms with Crippen LogP contribution >= 0.6 is 0 Å². The van der Waals surface area contributed by atoms with Gasteiger partial charge in [0.1, 0.15) is 0 Å². The Morgan fingerprint density at radius 3 is 2.55 bits per heavy atom. The van der Waals surface area contributed by atoms with Gasteiger partial charge in [-0.05, 0) is 47.7 Å². The molecule has 1 fully saturated rings. The zero-order valence-corrected chi connectivity index (χ0v) is 20.5. The van der Waals surface area contributed by atoms with Crippen molar-refractivity contribution in [3.05, 3.63) is 102 Å². The lowest BCUT2D eigenvalue weighted by Gasteiger charge is -2.15. The molecule has 2 aromatic carbocycles. The minimum Gasteiger partial charge on any atom is -0.440 e. The van der Waals surface area contributed by atoms with E-state index in [4.69, 9.17) is 4.74 Å². The highest BCUT2D eigenvalue weighted by Crippen LogP contribution is 2.47. The van der Waals surface area contributed by atoms with Crippen molar-refractivity contribution in [3.8, 4) is 0 Å². The molecule has 8 nitrogen and oxygen atoms in total. The Balaban J connectivity index is 1.33. The van der Waals surface area contributed by atoms with Crippen LogP contribution in [0, 0.1) is 0 Å². The molecule has 0 unspecified atom stereocenters. The molecule has 188 valence electrons. The summed E-state index contributed by atoms with van der Waals surface area (Å²) >= 11 is 0. The largest absolute Gasteiger partial charge is 0.440 e. The Morgan fingerprint density at radius 2 is 1.71 bits per heavy atom. The number of H-pyrrole nitrogens is 1. The second kappa shape index (κ2) is 8.69. The predicted molar refractivity (Wildman–Crippen MR) is 140 cm³/mol. The number of aromatic amines is 1. The molecule has 2 amide bonds. The number of carbonyl (C=O) groups is 3. The summed E-state index contributed by atoms with van der Waals surface area (Å²) in [5.74, 6) is -2.84. The molecule has 1 N–H and O–H groups in total. The maximum atomic E-state index is 14.0. The molecule has 5 heterocycles. The van der Waals surface area contributed by atoms with Gasteiger partial charge in [-0.2, -0.15) is 0 Å². The normalized spacial score (nSPS) is 19.0. The standard InChI is InChI=1S/C30H24N4O4/c35-28-25(22-15-32-24-9-2-1-7-20(22)24)26(23-16-33-14-4-6-18-5-3-8-21(23)27(18)33)29(36)34(28)17-38-30(37)19-10-12-31-13-11-19/h1-3,5,7-13,15-16,25-26,32H,4,6,14,17H2/t25-,26-/m0/s1. The van der Waals surface area contributed by atoms with Crippen LogP contribution in [0.5, 0.6) is 0 Å². The number of aryl methyl sites for hydroxylation is 2. The molecule has 0 spiro atoms. The molecule has 0 radical (unpaired) electrons. The molecule has 5 aromatic rings. The van der Waals surface area contributed by atoms with E-state index in [1.807, 2.05) is 48.8 Å². The average Bonchev–Trinajstić information content (AvgIpc) is 3.61. The SMILES string of the molecule is O=C(OCN1C(=O)[C@@H](c2c[nH]c3ccccc23)[C@H](c2cn3c4c(cccc24)CCC3)C1=O)c1ccncc1. The van der Waals surface area contributed by atoms with Gasteiger partial charge in [-0.1, -0.05) is 36.4 Å². The highest BCUT2D eigenvalue weighted by molar-refractivity contribution is 6.13. The molecule has 8 heteroatoms. The second-order valence-corrected chi connectivity index (χ2v) is 9.84. The zero-order valence-electron chi connectivity index (χ0n) is 20.5. The Morgan fingerprint density at radius 1 is 0.947 bits per heavy atom. The first-order valence-electron chi connectivity index (χ1n) is 12.7.